The van der Waals surface area contributed by atoms with E-state index in [0.717, 1.165) is 5.75 Å². The highest BCUT2D eigenvalue weighted by Gasteiger charge is 2.19. The van der Waals surface area contributed by atoms with Crippen LogP contribution in [0, 0.1) is 27.7 Å². The molecule has 0 saturated heterocycles. The minimum atomic E-state index is 0.977. The summed E-state index contributed by atoms with van der Waals surface area (Å²) in [4.78, 5) is 1.37. The van der Waals surface area contributed by atoms with Crippen LogP contribution in [0.4, 0.5) is 0 Å². The number of halogens is 1. The second kappa shape index (κ2) is 6.40. The molecule has 1 heterocycles. The zero-order valence-corrected chi connectivity index (χ0v) is 18.1. The average molecular weight is 425 g/mol. The third kappa shape index (κ3) is 2.49. The molecule has 0 aliphatic rings. The van der Waals surface area contributed by atoms with E-state index in [1.165, 1.54) is 58.0 Å². The Balaban J connectivity index is 2.23. The Morgan fingerprint density at radius 2 is 1.54 bits per heavy atom. The molecule has 0 radical (unpaired) electrons. The Hall–Kier alpha value is -1.84. The van der Waals surface area contributed by atoms with Crippen LogP contribution in [-0.2, 0) is 0 Å². The summed E-state index contributed by atoms with van der Waals surface area (Å²) in [6.07, 6.45) is 0. The number of hydrogen-bond acceptors (Lipinski definition) is 2. The number of hydrogen-bond donors (Lipinski definition) is 0. The first kappa shape index (κ1) is 17.6. The van der Waals surface area contributed by atoms with Gasteiger partial charge in [0.25, 0.3) is 0 Å². The quantitative estimate of drug-likeness (QED) is 0.319. The van der Waals surface area contributed by atoms with Crippen molar-refractivity contribution in [3.05, 3.63) is 62.4 Å². The summed E-state index contributed by atoms with van der Waals surface area (Å²) in [6, 6.07) is 13.2. The van der Waals surface area contributed by atoms with E-state index in [0.29, 0.717) is 0 Å². The van der Waals surface area contributed by atoms with Gasteiger partial charge in [-0.2, -0.15) is 0 Å². The molecule has 1 nitrogen and oxygen atoms in total. The molecule has 0 spiro atoms. The van der Waals surface area contributed by atoms with Crippen molar-refractivity contribution in [1.29, 1.82) is 0 Å². The van der Waals surface area contributed by atoms with E-state index in [-0.39, 0.29) is 0 Å². The van der Waals surface area contributed by atoms with Crippen molar-refractivity contribution in [2.75, 3.05) is 7.11 Å². The second-order valence-corrected chi connectivity index (χ2v) is 8.88. The van der Waals surface area contributed by atoms with Gasteiger partial charge >= 0.3 is 0 Å². The molecule has 3 heteroatoms. The van der Waals surface area contributed by atoms with Gasteiger partial charge in [0, 0.05) is 14.7 Å². The first-order valence-corrected chi connectivity index (χ1v) is 10.3. The van der Waals surface area contributed by atoms with Crippen LogP contribution < -0.4 is 4.74 Å². The van der Waals surface area contributed by atoms with E-state index in [9.17, 15) is 0 Å². The van der Waals surface area contributed by atoms with Crippen LogP contribution in [0.1, 0.15) is 21.6 Å². The van der Waals surface area contributed by atoms with E-state index in [4.69, 9.17) is 4.74 Å². The predicted octanol–water partition coefficient (Wildman–Crippen LogP) is 7.73. The van der Waals surface area contributed by atoms with Crippen molar-refractivity contribution in [1.82, 2.24) is 0 Å². The molecule has 0 fully saturated rings. The van der Waals surface area contributed by atoms with Crippen LogP contribution in [0.5, 0.6) is 5.75 Å². The lowest BCUT2D eigenvalue weighted by Crippen LogP contribution is -1.93. The van der Waals surface area contributed by atoms with Crippen LogP contribution in [0.15, 0.2) is 40.9 Å². The molecule has 0 unspecified atom stereocenters. The van der Waals surface area contributed by atoms with Gasteiger partial charge in [0.05, 0.1) is 11.8 Å². The number of fused-ring (bicyclic) bond motifs is 2. The van der Waals surface area contributed by atoms with Crippen LogP contribution in [0.25, 0.3) is 32.0 Å². The summed E-state index contributed by atoms with van der Waals surface area (Å²) in [5.74, 6) is 0.977. The summed E-state index contributed by atoms with van der Waals surface area (Å²) < 4.78 is 8.12. The number of thiophene rings is 1. The van der Waals surface area contributed by atoms with E-state index in [2.05, 4.69) is 80.0 Å². The molecule has 4 rings (SSSR count). The highest BCUT2D eigenvalue weighted by atomic mass is 79.9. The highest BCUT2D eigenvalue weighted by molar-refractivity contribution is 9.11. The van der Waals surface area contributed by atoms with Gasteiger partial charge in [-0.05, 0) is 94.3 Å². The minimum absolute atomic E-state index is 0.977. The molecular formula is C23H21BrOS. The molecule has 1 aromatic heterocycles. The van der Waals surface area contributed by atoms with E-state index in [1.54, 1.807) is 7.11 Å². The van der Waals surface area contributed by atoms with Gasteiger partial charge in [0.15, 0.2) is 0 Å². The Labute approximate surface area is 166 Å². The molecule has 26 heavy (non-hydrogen) atoms. The molecular weight excluding hydrogens is 404 g/mol. The standard InChI is InChI=1S/C23H21BrOS/c1-12-10-16(11-13(2)22(12)25-5)20-17-8-6-7-9-18(17)21(24)23-19(20)14(3)15(4)26-23/h6-11H,1-5H3. The smallest absolute Gasteiger partial charge is 0.124 e. The molecule has 0 aliphatic carbocycles. The fourth-order valence-electron chi connectivity index (χ4n) is 3.95. The maximum absolute atomic E-state index is 5.58. The van der Waals surface area contributed by atoms with Crippen LogP contribution in [0.2, 0.25) is 0 Å². The molecule has 3 aromatic carbocycles. The van der Waals surface area contributed by atoms with Crippen LogP contribution in [-0.4, -0.2) is 7.11 Å². The first-order valence-electron chi connectivity index (χ1n) is 8.69. The molecule has 0 amide bonds. The second-order valence-electron chi connectivity index (χ2n) is 6.87. The lowest BCUT2D eigenvalue weighted by atomic mass is 9.91. The predicted molar refractivity (Wildman–Crippen MR) is 118 cm³/mol. The van der Waals surface area contributed by atoms with Crippen LogP contribution in [0.3, 0.4) is 0 Å². The fourth-order valence-corrected chi connectivity index (χ4v) is 5.85. The first-order chi connectivity index (χ1) is 12.4. The lowest BCUT2D eigenvalue weighted by molar-refractivity contribution is 0.408. The third-order valence-electron chi connectivity index (χ3n) is 5.22. The van der Waals surface area contributed by atoms with Crippen molar-refractivity contribution in [2.45, 2.75) is 27.7 Å². The highest BCUT2D eigenvalue weighted by Crippen LogP contribution is 2.47. The van der Waals surface area contributed by atoms with Gasteiger partial charge in [-0.3, -0.25) is 0 Å². The minimum Gasteiger partial charge on any atom is -0.496 e. The normalized spacial score (nSPS) is 11.5. The largest absolute Gasteiger partial charge is 0.496 e. The molecule has 0 saturated carbocycles. The fraction of sp³-hybridized carbons (Fsp3) is 0.217. The summed E-state index contributed by atoms with van der Waals surface area (Å²) >= 11 is 5.75. The van der Waals surface area contributed by atoms with Crippen molar-refractivity contribution in [2.24, 2.45) is 0 Å². The lowest BCUT2D eigenvalue weighted by Gasteiger charge is -2.16. The Morgan fingerprint density at radius 1 is 0.923 bits per heavy atom. The summed E-state index contributed by atoms with van der Waals surface area (Å²) in [5, 5.41) is 3.92. The maximum atomic E-state index is 5.58. The number of rotatable bonds is 2. The van der Waals surface area contributed by atoms with Gasteiger partial charge in [-0.15, -0.1) is 11.3 Å². The maximum Gasteiger partial charge on any atom is 0.124 e. The van der Waals surface area contributed by atoms with Gasteiger partial charge < -0.3 is 4.74 Å². The zero-order valence-electron chi connectivity index (χ0n) is 15.7. The number of ether oxygens (including phenoxy) is 1. The zero-order chi connectivity index (χ0) is 18.6. The Morgan fingerprint density at radius 3 is 2.15 bits per heavy atom. The van der Waals surface area contributed by atoms with E-state index >= 15 is 0 Å². The molecule has 0 aliphatic heterocycles. The number of methoxy groups -OCH3 is 1. The van der Waals surface area contributed by atoms with Crippen molar-refractivity contribution >= 4 is 48.1 Å². The van der Waals surface area contributed by atoms with Crippen LogP contribution >= 0.6 is 27.3 Å². The average Bonchev–Trinajstić information content (AvgIpc) is 2.91. The molecule has 4 aromatic rings. The van der Waals surface area contributed by atoms with Gasteiger partial charge in [-0.25, -0.2) is 0 Å². The molecule has 0 bridgehead atoms. The topological polar surface area (TPSA) is 9.23 Å². The number of aryl methyl sites for hydroxylation is 4. The van der Waals surface area contributed by atoms with E-state index in [1.807, 2.05) is 11.3 Å². The molecule has 0 N–H and O–H groups in total. The Bertz CT molecular complexity index is 1150. The summed E-state index contributed by atoms with van der Waals surface area (Å²) in [6.45, 7) is 8.70. The van der Waals surface area contributed by atoms with Crippen molar-refractivity contribution < 1.29 is 4.74 Å². The molecule has 132 valence electrons. The van der Waals surface area contributed by atoms with Crippen molar-refractivity contribution in [3.8, 4) is 16.9 Å². The third-order valence-corrected chi connectivity index (χ3v) is 7.53. The number of benzene rings is 3. The summed E-state index contributed by atoms with van der Waals surface area (Å²) in [7, 11) is 1.74. The van der Waals surface area contributed by atoms with Gasteiger partial charge in [0.2, 0.25) is 0 Å². The van der Waals surface area contributed by atoms with Gasteiger partial charge in [-0.1, -0.05) is 24.3 Å². The summed E-state index contributed by atoms with van der Waals surface area (Å²) in [5.41, 5.74) is 6.31. The molecule has 0 atom stereocenters. The SMILES string of the molecule is COc1c(C)cc(-c2c3ccccc3c(Br)c3sc(C)c(C)c23)cc1C. The van der Waals surface area contributed by atoms with Crippen molar-refractivity contribution in [3.63, 3.8) is 0 Å². The monoisotopic (exact) mass is 424 g/mol. The van der Waals surface area contributed by atoms with E-state index < -0.39 is 0 Å². The Kier molecular flexibility index (Phi) is 4.32. The van der Waals surface area contributed by atoms with Gasteiger partial charge in [0.1, 0.15) is 5.75 Å².